The van der Waals surface area contributed by atoms with Crippen molar-refractivity contribution in [3.8, 4) is 0 Å². The molecular formula is C19H22FN3O. The number of hydrogen-bond donors (Lipinski definition) is 1. The van der Waals surface area contributed by atoms with Gasteiger partial charge in [-0.2, -0.15) is 0 Å². The Morgan fingerprint density at radius 3 is 2.83 bits per heavy atom. The fourth-order valence-corrected chi connectivity index (χ4v) is 2.41. The molecule has 2 amide bonds. The zero-order valence-corrected chi connectivity index (χ0v) is 13.9. The Morgan fingerprint density at radius 1 is 1.38 bits per heavy atom. The molecule has 1 aliphatic heterocycles. The second-order valence-corrected chi connectivity index (χ2v) is 5.78. The van der Waals surface area contributed by atoms with Gasteiger partial charge in [-0.05, 0) is 35.3 Å². The molecule has 1 aromatic heterocycles. The molecular weight excluding hydrogens is 305 g/mol. The molecule has 126 valence electrons. The van der Waals surface area contributed by atoms with E-state index in [2.05, 4.69) is 37.0 Å². The second-order valence-electron chi connectivity index (χ2n) is 5.78. The van der Waals surface area contributed by atoms with Crippen LogP contribution in [0.15, 0.2) is 61.0 Å². The average Bonchev–Trinajstić information content (AvgIpc) is 2.96. The number of allylic oxidation sites excluding steroid dienone is 4. The van der Waals surface area contributed by atoms with E-state index < -0.39 is 5.82 Å². The quantitative estimate of drug-likeness (QED) is 0.795. The molecule has 0 fully saturated rings. The third-order valence-electron chi connectivity index (χ3n) is 3.77. The minimum atomic E-state index is -0.394. The van der Waals surface area contributed by atoms with Crippen LogP contribution in [0.5, 0.6) is 0 Å². The number of urea groups is 1. The van der Waals surface area contributed by atoms with Crippen molar-refractivity contribution in [1.82, 2.24) is 15.2 Å². The number of rotatable bonds is 6. The molecule has 2 heterocycles. The van der Waals surface area contributed by atoms with E-state index >= 15 is 0 Å². The maximum absolute atomic E-state index is 13.2. The van der Waals surface area contributed by atoms with Crippen LogP contribution in [0.2, 0.25) is 0 Å². The Balaban J connectivity index is 1.88. The van der Waals surface area contributed by atoms with Gasteiger partial charge in [-0.25, -0.2) is 9.18 Å². The van der Waals surface area contributed by atoms with Gasteiger partial charge in [-0.1, -0.05) is 39.2 Å². The summed E-state index contributed by atoms with van der Waals surface area (Å²) in [5.41, 5.74) is 3.70. The summed E-state index contributed by atoms with van der Waals surface area (Å²) in [7, 11) is 0. The topological polar surface area (TPSA) is 45.2 Å². The summed E-state index contributed by atoms with van der Waals surface area (Å²) in [5, 5.41) is 2.71. The maximum atomic E-state index is 13.2. The number of fused-ring (bicyclic) bond motifs is 1. The molecule has 1 aromatic rings. The van der Waals surface area contributed by atoms with Crippen molar-refractivity contribution in [1.29, 1.82) is 0 Å². The van der Waals surface area contributed by atoms with Crippen molar-refractivity contribution in [2.45, 2.75) is 32.9 Å². The number of hydrogen-bond acceptors (Lipinski definition) is 2. The Kier molecular flexibility index (Phi) is 5.68. The van der Waals surface area contributed by atoms with Crippen LogP contribution in [0, 0.1) is 5.82 Å². The number of nitrogens with zero attached hydrogens (tertiary/aromatic N) is 2. The third kappa shape index (κ3) is 4.41. The first kappa shape index (κ1) is 17.7. The predicted molar refractivity (Wildman–Crippen MR) is 93.4 cm³/mol. The normalized spacial score (nSPS) is 13.0. The van der Waals surface area contributed by atoms with Gasteiger partial charge in [-0.15, -0.1) is 0 Å². The average molecular weight is 327 g/mol. The predicted octanol–water partition coefficient (Wildman–Crippen LogP) is 4.23. The molecule has 0 saturated carbocycles. The number of carbonyl (C=O) groups is 1. The highest BCUT2D eigenvalue weighted by Gasteiger charge is 2.24. The van der Waals surface area contributed by atoms with Crippen LogP contribution < -0.4 is 5.32 Å². The zero-order valence-electron chi connectivity index (χ0n) is 13.9. The number of carbonyl (C=O) groups excluding carboxylic acids is 1. The lowest BCUT2D eigenvalue weighted by atomic mass is 10.0. The molecule has 0 radical (unpaired) electrons. The molecule has 0 atom stereocenters. The van der Waals surface area contributed by atoms with Gasteiger partial charge in [0.05, 0.1) is 18.4 Å². The lowest BCUT2D eigenvalue weighted by Gasteiger charge is -2.16. The molecule has 0 unspecified atom stereocenters. The Hall–Kier alpha value is -2.69. The second kappa shape index (κ2) is 7.73. The van der Waals surface area contributed by atoms with E-state index in [4.69, 9.17) is 0 Å². The van der Waals surface area contributed by atoms with E-state index in [1.807, 2.05) is 0 Å². The van der Waals surface area contributed by atoms with Gasteiger partial charge in [-0.3, -0.25) is 4.98 Å². The van der Waals surface area contributed by atoms with Gasteiger partial charge in [0.2, 0.25) is 0 Å². The Labute approximate surface area is 142 Å². The highest BCUT2D eigenvalue weighted by molar-refractivity contribution is 5.77. The van der Waals surface area contributed by atoms with E-state index in [0.717, 1.165) is 41.4 Å². The van der Waals surface area contributed by atoms with Crippen molar-refractivity contribution in [2.75, 3.05) is 0 Å². The standard InChI is InChI=1S/C19H22FN3O/c1-5-6-13(2)14(3)7-8-15(4)22-19(24)23-11-16-9-17(20)10-21-18(16)12-23/h7-10H,2-6,11-12H2,1H3,(H,22,24)/b8-7-. The largest absolute Gasteiger partial charge is 0.322 e. The summed E-state index contributed by atoms with van der Waals surface area (Å²) in [5.74, 6) is -0.394. The van der Waals surface area contributed by atoms with E-state index in [1.165, 1.54) is 6.07 Å². The van der Waals surface area contributed by atoms with E-state index in [-0.39, 0.29) is 6.03 Å². The number of amides is 2. The van der Waals surface area contributed by atoms with Gasteiger partial charge >= 0.3 is 6.03 Å². The molecule has 1 N–H and O–H groups in total. The molecule has 24 heavy (non-hydrogen) atoms. The van der Waals surface area contributed by atoms with Crippen LogP contribution in [0.4, 0.5) is 9.18 Å². The van der Waals surface area contributed by atoms with Crippen LogP contribution in [0.25, 0.3) is 0 Å². The van der Waals surface area contributed by atoms with Gasteiger partial charge in [0.1, 0.15) is 5.82 Å². The van der Waals surface area contributed by atoms with Crippen LogP contribution in [-0.4, -0.2) is 15.9 Å². The van der Waals surface area contributed by atoms with Gasteiger partial charge in [0, 0.05) is 12.2 Å². The lowest BCUT2D eigenvalue weighted by molar-refractivity contribution is 0.201. The highest BCUT2D eigenvalue weighted by atomic mass is 19.1. The summed E-state index contributed by atoms with van der Waals surface area (Å²) in [4.78, 5) is 17.8. The van der Waals surface area contributed by atoms with E-state index in [1.54, 1.807) is 17.1 Å². The molecule has 2 rings (SSSR count). The first-order valence-corrected chi connectivity index (χ1v) is 7.84. The Bertz CT molecular complexity index is 721. The van der Waals surface area contributed by atoms with Crippen molar-refractivity contribution in [2.24, 2.45) is 0 Å². The van der Waals surface area contributed by atoms with Crippen molar-refractivity contribution in [3.05, 3.63) is 78.1 Å². The SMILES string of the molecule is C=C(/C=C\C(=C)C(=C)CCC)NC(=O)N1Cc2cc(F)cnc2C1. The molecule has 0 saturated heterocycles. The number of aromatic nitrogens is 1. The lowest BCUT2D eigenvalue weighted by Crippen LogP contribution is -2.35. The van der Waals surface area contributed by atoms with Crippen molar-refractivity contribution >= 4 is 6.03 Å². The summed E-state index contributed by atoms with van der Waals surface area (Å²) in [6.45, 7) is 14.5. The minimum absolute atomic E-state index is 0.291. The molecule has 5 heteroatoms. The van der Waals surface area contributed by atoms with E-state index in [0.29, 0.717) is 18.8 Å². The smallest absolute Gasteiger partial charge is 0.314 e. The molecule has 4 nitrogen and oxygen atoms in total. The molecule has 0 spiro atoms. The molecule has 0 aliphatic carbocycles. The summed E-state index contributed by atoms with van der Waals surface area (Å²) >= 11 is 0. The fourth-order valence-electron chi connectivity index (χ4n) is 2.41. The third-order valence-corrected chi connectivity index (χ3v) is 3.77. The van der Waals surface area contributed by atoms with E-state index in [9.17, 15) is 9.18 Å². The number of halogens is 1. The maximum Gasteiger partial charge on any atom is 0.322 e. The van der Waals surface area contributed by atoms with Crippen LogP contribution in [-0.2, 0) is 13.1 Å². The summed E-state index contributed by atoms with van der Waals surface area (Å²) in [6, 6.07) is 1.12. The van der Waals surface area contributed by atoms with Crippen molar-refractivity contribution < 1.29 is 9.18 Å². The van der Waals surface area contributed by atoms with Gasteiger partial charge in [0.15, 0.2) is 0 Å². The monoisotopic (exact) mass is 327 g/mol. The van der Waals surface area contributed by atoms with Gasteiger partial charge in [0.25, 0.3) is 0 Å². The highest BCUT2D eigenvalue weighted by Crippen LogP contribution is 2.21. The first-order valence-electron chi connectivity index (χ1n) is 7.84. The van der Waals surface area contributed by atoms with Crippen LogP contribution >= 0.6 is 0 Å². The van der Waals surface area contributed by atoms with Crippen LogP contribution in [0.3, 0.4) is 0 Å². The van der Waals surface area contributed by atoms with Crippen molar-refractivity contribution in [3.63, 3.8) is 0 Å². The van der Waals surface area contributed by atoms with Gasteiger partial charge < -0.3 is 10.2 Å². The molecule has 1 aliphatic rings. The molecule has 0 bridgehead atoms. The molecule has 0 aromatic carbocycles. The summed E-state index contributed by atoms with van der Waals surface area (Å²) < 4.78 is 13.2. The van der Waals surface area contributed by atoms with Crippen LogP contribution in [0.1, 0.15) is 31.0 Å². The fraction of sp³-hybridized carbons (Fsp3) is 0.263. The Morgan fingerprint density at radius 2 is 2.12 bits per heavy atom. The number of nitrogens with one attached hydrogen (secondary N) is 1. The minimum Gasteiger partial charge on any atom is -0.314 e. The zero-order chi connectivity index (χ0) is 17.7. The number of pyridine rings is 1. The summed E-state index contributed by atoms with van der Waals surface area (Å²) in [6.07, 6.45) is 6.54. The first-order chi connectivity index (χ1) is 11.4.